The van der Waals surface area contributed by atoms with Crippen molar-refractivity contribution in [3.05, 3.63) is 29.8 Å². The van der Waals surface area contributed by atoms with E-state index in [0.717, 1.165) is 6.42 Å². The number of carbonyl (C=O) groups is 1. The second-order valence-corrected chi connectivity index (χ2v) is 5.61. The Bertz CT molecular complexity index is 439. The van der Waals surface area contributed by atoms with E-state index in [2.05, 4.69) is 0 Å². The molecular formula is C13H16F2N2OS. The first kappa shape index (κ1) is 14.3. The Kier molecular flexibility index (Phi) is 4.76. The van der Waals surface area contributed by atoms with Crippen LogP contribution in [0.4, 0.5) is 8.78 Å². The van der Waals surface area contributed by atoms with Crippen molar-refractivity contribution in [1.82, 2.24) is 4.90 Å². The van der Waals surface area contributed by atoms with Gasteiger partial charge in [0.05, 0.1) is 0 Å². The molecule has 1 aromatic carbocycles. The summed E-state index contributed by atoms with van der Waals surface area (Å²) in [6.07, 6.45) is 0.932. The van der Waals surface area contributed by atoms with Crippen molar-refractivity contribution in [2.45, 2.75) is 17.1 Å². The Morgan fingerprint density at radius 3 is 2.63 bits per heavy atom. The molecule has 0 aromatic heterocycles. The van der Waals surface area contributed by atoms with Gasteiger partial charge >= 0.3 is 0 Å². The predicted molar refractivity (Wildman–Crippen MR) is 71.4 cm³/mol. The molecule has 3 nitrogen and oxygen atoms in total. The maximum atomic E-state index is 12.2. The lowest BCUT2D eigenvalue weighted by Crippen LogP contribution is -2.29. The summed E-state index contributed by atoms with van der Waals surface area (Å²) in [5.41, 5.74) is 6.13. The lowest BCUT2D eigenvalue weighted by Gasteiger charge is -2.16. The van der Waals surface area contributed by atoms with E-state index in [1.807, 2.05) is 0 Å². The number of nitrogens with two attached hydrogens (primary N) is 1. The van der Waals surface area contributed by atoms with Crippen LogP contribution in [0.15, 0.2) is 29.2 Å². The second kappa shape index (κ2) is 6.34. The number of carbonyl (C=O) groups excluding carboxylic acids is 1. The number of benzene rings is 1. The Labute approximate surface area is 115 Å². The van der Waals surface area contributed by atoms with Gasteiger partial charge in [0.15, 0.2) is 0 Å². The molecule has 2 rings (SSSR count). The summed E-state index contributed by atoms with van der Waals surface area (Å²) in [6.45, 7) is 1.99. The van der Waals surface area contributed by atoms with E-state index in [9.17, 15) is 13.6 Å². The van der Waals surface area contributed by atoms with Crippen molar-refractivity contribution < 1.29 is 13.6 Å². The molecule has 1 fully saturated rings. The van der Waals surface area contributed by atoms with E-state index in [1.165, 1.54) is 0 Å². The highest BCUT2D eigenvalue weighted by atomic mass is 32.2. The van der Waals surface area contributed by atoms with E-state index >= 15 is 0 Å². The molecule has 1 saturated heterocycles. The van der Waals surface area contributed by atoms with Crippen LogP contribution >= 0.6 is 11.8 Å². The van der Waals surface area contributed by atoms with Crippen molar-refractivity contribution in [2.75, 3.05) is 19.6 Å². The highest BCUT2D eigenvalue weighted by molar-refractivity contribution is 7.99. The van der Waals surface area contributed by atoms with E-state index in [0.29, 0.717) is 47.8 Å². The first-order chi connectivity index (χ1) is 9.10. The molecule has 0 saturated carbocycles. The third-order valence-electron chi connectivity index (χ3n) is 3.23. The molecule has 0 aliphatic carbocycles. The summed E-state index contributed by atoms with van der Waals surface area (Å²) in [5.74, 6) is -2.12. The average Bonchev–Trinajstić information content (AvgIpc) is 2.87. The molecule has 0 spiro atoms. The summed E-state index contributed by atoms with van der Waals surface area (Å²) in [7, 11) is 0. The molecule has 2 N–H and O–H groups in total. The molecule has 0 radical (unpaired) electrons. The number of amides is 1. The zero-order valence-electron chi connectivity index (χ0n) is 10.4. The van der Waals surface area contributed by atoms with Crippen LogP contribution in [0, 0.1) is 5.92 Å². The van der Waals surface area contributed by atoms with Crippen LogP contribution in [0.3, 0.4) is 0 Å². The lowest BCUT2D eigenvalue weighted by molar-refractivity contribution is 0.0787. The average molecular weight is 286 g/mol. The Morgan fingerprint density at radius 1 is 1.42 bits per heavy atom. The summed E-state index contributed by atoms with van der Waals surface area (Å²) >= 11 is 0.480. The molecule has 1 amide bonds. The third kappa shape index (κ3) is 3.67. The van der Waals surface area contributed by atoms with Gasteiger partial charge in [0.25, 0.3) is 11.7 Å². The van der Waals surface area contributed by atoms with Gasteiger partial charge in [-0.15, -0.1) is 0 Å². The van der Waals surface area contributed by atoms with E-state index in [-0.39, 0.29) is 5.91 Å². The molecule has 1 aromatic rings. The molecule has 6 heteroatoms. The molecule has 1 heterocycles. The number of hydrogen-bond donors (Lipinski definition) is 1. The summed E-state index contributed by atoms with van der Waals surface area (Å²) in [5, 5.41) is 0. The topological polar surface area (TPSA) is 46.3 Å². The van der Waals surface area contributed by atoms with Gasteiger partial charge in [-0.1, -0.05) is 11.8 Å². The number of likely N-dealkylation sites (tertiary alicyclic amines) is 1. The third-order valence-corrected chi connectivity index (χ3v) is 3.96. The zero-order chi connectivity index (χ0) is 13.8. The van der Waals surface area contributed by atoms with Crippen molar-refractivity contribution in [2.24, 2.45) is 11.7 Å². The molecular weight excluding hydrogens is 270 g/mol. The van der Waals surface area contributed by atoms with Crippen LogP contribution in [-0.4, -0.2) is 36.2 Å². The number of rotatable bonds is 4. The fourth-order valence-corrected chi connectivity index (χ4v) is 2.67. The van der Waals surface area contributed by atoms with Gasteiger partial charge in [-0.25, -0.2) is 0 Å². The minimum Gasteiger partial charge on any atom is -0.338 e. The normalized spacial score (nSPS) is 19.2. The van der Waals surface area contributed by atoms with Crippen molar-refractivity contribution in [3.8, 4) is 0 Å². The number of halogens is 2. The Balaban J connectivity index is 2.00. The van der Waals surface area contributed by atoms with Gasteiger partial charge in [0.2, 0.25) is 0 Å². The smallest absolute Gasteiger partial charge is 0.288 e. The first-order valence-electron chi connectivity index (χ1n) is 6.14. The monoisotopic (exact) mass is 286 g/mol. The SMILES string of the molecule is NCC1CCN(C(=O)c2ccc(SC(F)F)cc2)C1. The van der Waals surface area contributed by atoms with Crippen LogP contribution in [-0.2, 0) is 0 Å². The van der Waals surface area contributed by atoms with Gasteiger partial charge in [-0.05, 0) is 43.1 Å². The molecule has 1 aliphatic rings. The van der Waals surface area contributed by atoms with Crippen LogP contribution in [0.2, 0.25) is 0 Å². The summed E-state index contributed by atoms with van der Waals surface area (Å²) < 4.78 is 24.4. The summed E-state index contributed by atoms with van der Waals surface area (Å²) in [6, 6.07) is 6.31. The van der Waals surface area contributed by atoms with E-state index in [1.54, 1.807) is 29.2 Å². The van der Waals surface area contributed by atoms with Crippen molar-refractivity contribution in [1.29, 1.82) is 0 Å². The highest BCUT2D eigenvalue weighted by Gasteiger charge is 2.25. The Morgan fingerprint density at radius 2 is 2.11 bits per heavy atom. The predicted octanol–water partition coefficient (Wildman–Crippen LogP) is 2.42. The molecule has 104 valence electrons. The van der Waals surface area contributed by atoms with Gasteiger partial charge < -0.3 is 10.6 Å². The van der Waals surface area contributed by atoms with Crippen LogP contribution in [0.5, 0.6) is 0 Å². The van der Waals surface area contributed by atoms with Crippen LogP contribution in [0.25, 0.3) is 0 Å². The molecule has 1 aliphatic heterocycles. The molecule has 0 bridgehead atoms. The summed E-state index contributed by atoms with van der Waals surface area (Å²) in [4.78, 5) is 14.4. The zero-order valence-corrected chi connectivity index (χ0v) is 11.2. The van der Waals surface area contributed by atoms with Gasteiger partial charge in [0, 0.05) is 23.5 Å². The highest BCUT2D eigenvalue weighted by Crippen LogP contribution is 2.26. The van der Waals surface area contributed by atoms with Gasteiger partial charge in [0.1, 0.15) is 0 Å². The minimum absolute atomic E-state index is 0.0513. The first-order valence-corrected chi connectivity index (χ1v) is 7.02. The second-order valence-electron chi connectivity index (χ2n) is 4.54. The van der Waals surface area contributed by atoms with Gasteiger partial charge in [-0.3, -0.25) is 4.79 Å². The fourth-order valence-electron chi connectivity index (χ4n) is 2.17. The van der Waals surface area contributed by atoms with Crippen molar-refractivity contribution in [3.63, 3.8) is 0 Å². The number of hydrogen-bond acceptors (Lipinski definition) is 3. The number of nitrogens with zero attached hydrogens (tertiary/aromatic N) is 1. The lowest BCUT2D eigenvalue weighted by atomic mass is 10.1. The number of thioether (sulfide) groups is 1. The fraction of sp³-hybridized carbons (Fsp3) is 0.462. The van der Waals surface area contributed by atoms with E-state index in [4.69, 9.17) is 5.73 Å². The maximum absolute atomic E-state index is 12.2. The van der Waals surface area contributed by atoms with Crippen LogP contribution in [0.1, 0.15) is 16.8 Å². The quantitative estimate of drug-likeness (QED) is 0.865. The largest absolute Gasteiger partial charge is 0.338 e. The maximum Gasteiger partial charge on any atom is 0.288 e. The van der Waals surface area contributed by atoms with Crippen molar-refractivity contribution >= 4 is 17.7 Å². The minimum atomic E-state index is -2.44. The van der Waals surface area contributed by atoms with Gasteiger partial charge in [-0.2, -0.15) is 8.78 Å². The van der Waals surface area contributed by atoms with E-state index < -0.39 is 5.76 Å². The molecule has 1 atom stereocenters. The van der Waals surface area contributed by atoms with Crippen LogP contribution < -0.4 is 5.73 Å². The standard InChI is InChI=1S/C13H16F2N2OS/c14-13(15)19-11-3-1-10(2-4-11)12(18)17-6-5-9(7-16)8-17/h1-4,9,13H,5-8,16H2. The molecule has 19 heavy (non-hydrogen) atoms. The number of alkyl halides is 2. The molecule has 1 unspecified atom stereocenters. The Hall–Kier alpha value is -1.14.